The smallest absolute Gasteiger partial charge is 0.366 e. The number of fused-ring (bicyclic) bond motifs is 1. The predicted molar refractivity (Wildman–Crippen MR) is 73.5 cm³/mol. The van der Waals surface area contributed by atoms with Crippen molar-refractivity contribution in [2.45, 2.75) is 0 Å². The number of nitrogens with two attached hydrogens (primary N) is 1. The molecule has 0 atom stereocenters. The van der Waals surface area contributed by atoms with Gasteiger partial charge in [0.15, 0.2) is 0 Å². The maximum Gasteiger partial charge on any atom is 0.366 e. The fourth-order valence-corrected chi connectivity index (χ4v) is 1.86. The maximum atomic E-state index is 11.6. The third-order valence-electron chi connectivity index (χ3n) is 2.52. The molecule has 2 amide bonds. The highest BCUT2D eigenvalue weighted by molar-refractivity contribution is 7.47. The summed E-state index contributed by atoms with van der Waals surface area (Å²) in [6.07, 6.45) is 0. The van der Waals surface area contributed by atoms with Gasteiger partial charge in [0, 0.05) is 17.8 Å². The summed E-state index contributed by atoms with van der Waals surface area (Å²) in [5.74, 6) is -0.412. The topological polar surface area (TPSA) is 82.5 Å². The Bertz CT molecular complexity index is 636. The van der Waals surface area contributed by atoms with Gasteiger partial charge in [-0.25, -0.2) is 9.69 Å². The van der Waals surface area contributed by atoms with Crippen molar-refractivity contribution >= 4 is 40.9 Å². The van der Waals surface area contributed by atoms with E-state index < -0.39 is 12.0 Å². The van der Waals surface area contributed by atoms with Gasteiger partial charge in [0.2, 0.25) is 5.96 Å². The molecule has 0 spiro atoms. The molecule has 0 saturated carbocycles. The van der Waals surface area contributed by atoms with E-state index in [0.29, 0.717) is 5.69 Å². The van der Waals surface area contributed by atoms with Crippen LogP contribution in [0.15, 0.2) is 46.8 Å². The van der Waals surface area contributed by atoms with Crippen LogP contribution in [0.5, 0.6) is 0 Å². The Balaban J connectivity index is 2.68. The van der Waals surface area contributed by atoms with Crippen LogP contribution < -0.4 is 10.6 Å². The first-order valence-electron chi connectivity index (χ1n) is 5.14. The van der Waals surface area contributed by atoms with Crippen LogP contribution >= 0.6 is 0 Å². The van der Waals surface area contributed by atoms with Gasteiger partial charge in [-0.05, 0) is 11.5 Å². The lowest BCUT2D eigenvalue weighted by Crippen LogP contribution is -2.39. The first kappa shape index (κ1) is 12.1. The number of amides is 2. The van der Waals surface area contributed by atoms with E-state index in [2.05, 4.69) is 16.8 Å². The minimum absolute atomic E-state index is 0.412. The summed E-state index contributed by atoms with van der Waals surface area (Å²) in [7, 11) is 0. The number of carbonyl (C=O) groups excluding carboxylic acids is 1. The molecule has 18 heavy (non-hydrogen) atoms. The van der Waals surface area contributed by atoms with Gasteiger partial charge in [0.05, 0.1) is 5.69 Å². The Labute approximate surface area is 109 Å². The summed E-state index contributed by atoms with van der Waals surface area (Å²) in [5.41, 5.74) is 5.92. The Kier molecular flexibility index (Phi) is 3.29. The van der Waals surface area contributed by atoms with Crippen molar-refractivity contribution in [1.82, 2.24) is 0 Å². The van der Waals surface area contributed by atoms with Crippen LogP contribution in [0.25, 0.3) is 10.8 Å². The fourth-order valence-electron chi connectivity index (χ4n) is 1.78. The van der Waals surface area contributed by atoms with Gasteiger partial charge in [-0.15, -0.1) is 4.36 Å². The number of anilines is 1. The molecule has 0 fully saturated rings. The Morgan fingerprint density at radius 2 is 1.89 bits per heavy atom. The highest BCUT2D eigenvalue weighted by atomic mass is 32.1. The number of carbonyl (C=O) groups is 1. The quantitative estimate of drug-likeness (QED) is 0.608. The zero-order valence-electron chi connectivity index (χ0n) is 9.33. The second kappa shape index (κ2) is 4.89. The number of guanidine groups is 1. The summed E-state index contributed by atoms with van der Waals surface area (Å²) in [6.45, 7) is 0. The Morgan fingerprint density at radius 3 is 2.56 bits per heavy atom. The van der Waals surface area contributed by atoms with Crippen molar-refractivity contribution in [2.75, 3.05) is 4.90 Å². The van der Waals surface area contributed by atoms with Crippen LogP contribution in [0.1, 0.15) is 0 Å². The molecule has 0 aliphatic heterocycles. The number of benzene rings is 2. The molecule has 90 valence electrons. The SMILES string of the molecule is N=C(N)N(C(=O)N=S)c1cccc2ccccc12. The van der Waals surface area contributed by atoms with E-state index in [1.807, 2.05) is 30.3 Å². The lowest BCUT2D eigenvalue weighted by molar-refractivity contribution is 0.257. The van der Waals surface area contributed by atoms with E-state index in [4.69, 9.17) is 11.1 Å². The van der Waals surface area contributed by atoms with E-state index >= 15 is 0 Å². The van der Waals surface area contributed by atoms with Crippen molar-refractivity contribution in [3.63, 3.8) is 0 Å². The van der Waals surface area contributed by atoms with E-state index in [-0.39, 0.29) is 0 Å². The van der Waals surface area contributed by atoms with E-state index in [9.17, 15) is 4.79 Å². The highest BCUT2D eigenvalue weighted by Crippen LogP contribution is 2.26. The van der Waals surface area contributed by atoms with E-state index in [1.54, 1.807) is 12.1 Å². The maximum absolute atomic E-state index is 11.6. The Hall–Kier alpha value is -2.34. The van der Waals surface area contributed by atoms with Crippen molar-refractivity contribution < 1.29 is 4.79 Å². The number of nitrogens with zero attached hydrogens (tertiary/aromatic N) is 2. The third-order valence-corrected chi connectivity index (χ3v) is 2.67. The highest BCUT2D eigenvalue weighted by Gasteiger charge is 2.19. The summed E-state index contributed by atoms with van der Waals surface area (Å²) in [6, 6.07) is 12.1. The molecule has 0 aliphatic carbocycles. The van der Waals surface area contributed by atoms with Crippen LogP contribution in [0.2, 0.25) is 0 Å². The molecular formula is C12H10N4OS. The van der Waals surface area contributed by atoms with Crippen molar-refractivity contribution in [3.05, 3.63) is 42.5 Å². The number of urea groups is 1. The first-order chi connectivity index (χ1) is 8.65. The molecule has 0 aromatic heterocycles. The third kappa shape index (κ3) is 2.05. The van der Waals surface area contributed by atoms with Gasteiger partial charge in [-0.3, -0.25) is 5.41 Å². The molecule has 2 aromatic carbocycles. The standard InChI is InChI=1S/C12H10N4OS/c13-11(14)16(12(17)15-18)10-7-3-5-8-4-1-2-6-9(8)10/h1-7H,(H3,13,14). The van der Waals surface area contributed by atoms with Crippen LogP contribution in [0, 0.1) is 5.41 Å². The van der Waals surface area contributed by atoms with Crippen LogP contribution in [-0.2, 0) is 12.4 Å². The summed E-state index contributed by atoms with van der Waals surface area (Å²) in [4.78, 5) is 12.6. The number of nitrogens with one attached hydrogen (secondary N) is 1. The zero-order valence-corrected chi connectivity index (χ0v) is 10.1. The van der Waals surface area contributed by atoms with Crippen molar-refractivity contribution in [3.8, 4) is 0 Å². The van der Waals surface area contributed by atoms with Gasteiger partial charge >= 0.3 is 6.03 Å². The second-order valence-electron chi connectivity index (χ2n) is 3.59. The van der Waals surface area contributed by atoms with E-state index in [1.165, 1.54) is 0 Å². The molecular weight excluding hydrogens is 248 g/mol. The molecule has 0 aliphatic rings. The average Bonchev–Trinajstić information content (AvgIpc) is 2.38. The largest absolute Gasteiger partial charge is 0.369 e. The number of hydrogen-bond acceptors (Lipinski definition) is 3. The normalized spacial score (nSPS) is 10.0. The lowest BCUT2D eigenvalue weighted by Gasteiger charge is -2.19. The molecule has 0 radical (unpaired) electrons. The molecule has 0 bridgehead atoms. The summed E-state index contributed by atoms with van der Waals surface area (Å²) in [5, 5.41) is 9.23. The molecule has 6 heteroatoms. The second-order valence-corrected chi connectivity index (χ2v) is 3.78. The average molecular weight is 258 g/mol. The molecule has 0 saturated heterocycles. The Morgan fingerprint density at radius 1 is 1.22 bits per heavy atom. The zero-order chi connectivity index (χ0) is 13.1. The number of rotatable bonds is 1. The van der Waals surface area contributed by atoms with Gasteiger partial charge in [0.1, 0.15) is 0 Å². The van der Waals surface area contributed by atoms with Crippen molar-refractivity contribution in [2.24, 2.45) is 10.1 Å². The van der Waals surface area contributed by atoms with Crippen LogP contribution in [0.4, 0.5) is 10.5 Å². The molecule has 2 aromatic rings. The minimum Gasteiger partial charge on any atom is -0.369 e. The molecule has 0 heterocycles. The van der Waals surface area contributed by atoms with Gasteiger partial charge in [0.25, 0.3) is 0 Å². The minimum atomic E-state index is -0.742. The lowest BCUT2D eigenvalue weighted by atomic mass is 10.1. The summed E-state index contributed by atoms with van der Waals surface area (Å²) >= 11 is 4.37. The molecule has 2 rings (SSSR count). The predicted octanol–water partition coefficient (Wildman–Crippen LogP) is 2.39. The van der Waals surface area contributed by atoms with Crippen LogP contribution in [0.3, 0.4) is 0 Å². The first-order valence-corrected chi connectivity index (χ1v) is 5.51. The van der Waals surface area contributed by atoms with Crippen LogP contribution in [-0.4, -0.2) is 12.0 Å². The molecule has 5 nitrogen and oxygen atoms in total. The van der Waals surface area contributed by atoms with Crippen molar-refractivity contribution in [1.29, 1.82) is 5.41 Å². The summed E-state index contributed by atoms with van der Waals surface area (Å²) < 4.78 is 3.14. The monoisotopic (exact) mass is 258 g/mol. The molecule has 0 unspecified atom stereocenters. The van der Waals surface area contributed by atoms with E-state index in [0.717, 1.165) is 15.7 Å². The fraction of sp³-hybridized carbons (Fsp3) is 0. The molecule has 3 N–H and O–H groups in total. The van der Waals surface area contributed by atoms with Gasteiger partial charge in [-0.1, -0.05) is 36.4 Å². The number of hydrogen-bond donors (Lipinski definition) is 2. The van der Waals surface area contributed by atoms with Gasteiger partial charge < -0.3 is 5.73 Å². The van der Waals surface area contributed by atoms with Gasteiger partial charge in [-0.2, -0.15) is 0 Å².